The average Bonchev–Trinajstić information content (AvgIpc) is 2.52. The number of nitrogens with zero attached hydrogens (tertiary/aromatic N) is 2. The van der Waals surface area contributed by atoms with E-state index in [0.29, 0.717) is 5.95 Å². The van der Waals surface area contributed by atoms with E-state index in [1.165, 1.54) is 6.33 Å². The molecule has 0 unspecified atom stereocenters. The normalized spacial score (nSPS) is 9.18. The number of rotatable bonds is 3. The van der Waals surface area contributed by atoms with Crippen LogP contribution < -0.4 is 16.6 Å². The van der Waals surface area contributed by atoms with E-state index in [0.717, 1.165) is 0 Å². The van der Waals surface area contributed by atoms with Crippen molar-refractivity contribution in [2.75, 3.05) is 11.9 Å². The standard InChI is InChI=1S/C4H8N6O/c5-9-3(11)1-6-4-7-2-8-10-4/h2H,1,5H2,(H,9,11)(H2,6,7,8,10). The van der Waals surface area contributed by atoms with Crippen LogP contribution in [-0.4, -0.2) is 27.6 Å². The first-order valence-electron chi connectivity index (χ1n) is 2.91. The van der Waals surface area contributed by atoms with Crippen LogP contribution in [0, 0.1) is 0 Å². The summed E-state index contributed by atoms with van der Waals surface area (Å²) in [5.41, 5.74) is 1.96. The summed E-state index contributed by atoms with van der Waals surface area (Å²) >= 11 is 0. The van der Waals surface area contributed by atoms with Crippen LogP contribution >= 0.6 is 0 Å². The quantitative estimate of drug-likeness (QED) is 0.235. The summed E-state index contributed by atoms with van der Waals surface area (Å²) < 4.78 is 0. The van der Waals surface area contributed by atoms with E-state index >= 15 is 0 Å². The Morgan fingerprint density at radius 1 is 1.82 bits per heavy atom. The van der Waals surface area contributed by atoms with E-state index in [9.17, 15) is 4.79 Å². The zero-order chi connectivity index (χ0) is 8.10. The van der Waals surface area contributed by atoms with E-state index in [4.69, 9.17) is 5.84 Å². The third-order valence-corrected chi connectivity index (χ3v) is 0.992. The summed E-state index contributed by atoms with van der Waals surface area (Å²) in [7, 11) is 0. The van der Waals surface area contributed by atoms with Crippen LogP contribution in [0.3, 0.4) is 0 Å². The Bertz CT molecular complexity index is 218. The van der Waals surface area contributed by atoms with Gasteiger partial charge in [0.25, 0.3) is 5.91 Å². The molecule has 1 amide bonds. The van der Waals surface area contributed by atoms with Crippen LogP contribution in [0.2, 0.25) is 0 Å². The Kier molecular flexibility index (Phi) is 2.39. The molecule has 0 saturated carbocycles. The van der Waals surface area contributed by atoms with Crippen LogP contribution in [0.15, 0.2) is 6.33 Å². The zero-order valence-electron chi connectivity index (χ0n) is 5.66. The number of hydrazine groups is 1. The van der Waals surface area contributed by atoms with Crippen LogP contribution in [0.4, 0.5) is 5.95 Å². The monoisotopic (exact) mass is 156 g/mol. The van der Waals surface area contributed by atoms with E-state index in [2.05, 4.69) is 20.5 Å². The Morgan fingerprint density at radius 3 is 3.18 bits per heavy atom. The predicted molar refractivity (Wildman–Crippen MR) is 37.2 cm³/mol. The van der Waals surface area contributed by atoms with Gasteiger partial charge in [-0.3, -0.25) is 10.2 Å². The molecule has 0 atom stereocenters. The molecule has 7 nitrogen and oxygen atoms in total. The number of amides is 1. The molecule has 0 radical (unpaired) electrons. The number of H-pyrrole nitrogens is 1. The molecule has 0 saturated heterocycles. The highest BCUT2D eigenvalue weighted by atomic mass is 16.2. The van der Waals surface area contributed by atoms with Gasteiger partial charge in [-0.05, 0) is 0 Å². The molecular formula is C4H8N6O. The SMILES string of the molecule is NNC(=O)CNc1ncn[nH]1. The van der Waals surface area contributed by atoms with Gasteiger partial charge in [-0.1, -0.05) is 0 Å². The Morgan fingerprint density at radius 2 is 2.64 bits per heavy atom. The van der Waals surface area contributed by atoms with E-state index in [1.54, 1.807) is 0 Å². The van der Waals surface area contributed by atoms with E-state index in [1.807, 2.05) is 5.43 Å². The van der Waals surface area contributed by atoms with Gasteiger partial charge in [0, 0.05) is 0 Å². The van der Waals surface area contributed by atoms with Gasteiger partial charge in [-0.15, -0.1) is 0 Å². The van der Waals surface area contributed by atoms with Crippen molar-refractivity contribution in [1.29, 1.82) is 0 Å². The number of aromatic amines is 1. The lowest BCUT2D eigenvalue weighted by Gasteiger charge is -1.98. The van der Waals surface area contributed by atoms with Crippen LogP contribution in [-0.2, 0) is 4.79 Å². The Hall–Kier alpha value is -1.63. The average molecular weight is 156 g/mol. The fourth-order valence-electron chi connectivity index (χ4n) is 0.506. The summed E-state index contributed by atoms with van der Waals surface area (Å²) in [4.78, 5) is 14.3. The molecule has 0 aromatic carbocycles. The molecule has 60 valence electrons. The van der Waals surface area contributed by atoms with Gasteiger partial charge in [0.05, 0.1) is 6.54 Å². The number of carbonyl (C=O) groups excluding carboxylic acids is 1. The summed E-state index contributed by atoms with van der Waals surface area (Å²) in [6.45, 7) is 0.0751. The highest BCUT2D eigenvalue weighted by Crippen LogP contribution is 1.89. The number of hydrogen-bond donors (Lipinski definition) is 4. The lowest BCUT2D eigenvalue weighted by molar-refractivity contribution is -0.119. The molecule has 0 aliphatic carbocycles. The maximum Gasteiger partial charge on any atom is 0.253 e. The lowest BCUT2D eigenvalue weighted by Crippen LogP contribution is -2.35. The first-order valence-corrected chi connectivity index (χ1v) is 2.91. The number of nitrogens with one attached hydrogen (secondary N) is 3. The van der Waals surface area contributed by atoms with Crippen LogP contribution in [0.25, 0.3) is 0 Å². The zero-order valence-corrected chi connectivity index (χ0v) is 5.66. The topological polar surface area (TPSA) is 109 Å². The van der Waals surface area contributed by atoms with Crippen LogP contribution in [0.1, 0.15) is 0 Å². The Balaban J connectivity index is 2.29. The van der Waals surface area contributed by atoms with Gasteiger partial charge in [-0.25, -0.2) is 15.9 Å². The molecular weight excluding hydrogens is 148 g/mol. The first-order chi connectivity index (χ1) is 5.33. The molecule has 0 spiro atoms. The van der Waals surface area contributed by atoms with Gasteiger partial charge in [0.15, 0.2) is 0 Å². The summed E-state index contributed by atoms with van der Waals surface area (Å²) in [5, 5.41) is 8.74. The molecule has 1 rings (SSSR count). The van der Waals surface area contributed by atoms with Gasteiger partial charge in [0.1, 0.15) is 6.33 Å². The number of hydrogen-bond acceptors (Lipinski definition) is 5. The Labute approximate surface area is 62.3 Å². The highest BCUT2D eigenvalue weighted by Gasteiger charge is 1.98. The molecule has 1 aromatic rings. The van der Waals surface area contributed by atoms with Gasteiger partial charge >= 0.3 is 0 Å². The molecule has 5 N–H and O–H groups in total. The minimum Gasteiger partial charge on any atom is -0.345 e. The minimum absolute atomic E-state index is 0.0751. The number of aromatic nitrogens is 3. The highest BCUT2D eigenvalue weighted by molar-refractivity contribution is 5.79. The van der Waals surface area contributed by atoms with E-state index < -0.39 is 0 Å². The maximum atomic E-state index is 10.5. The molecule has 11 heavy (non-hydrogen) atoms. The number of nitrogens with two attached hydrogens (primary N) is 1. The van der Waals surface area contributed by atoms with Gasteiger partial charge < -0.3 is 5.32 Å². The second-order valence-corrected chi connectivity index (χ2v) is 1.76. The fraction of sp³-hybridized carbons (Fsp3) is 0.250. The van der Waals surface area contributed by atoms with Crippen molar-refractivity contribution in [3.8, 4) is 0 Å². The van der Waals surface area contributed by atoms with Crippen molar-refractivity contribution < 1.29 is 4.79 Å². The van der Waals surface area contributed by atoms with Crippen LogP contribution in [0.5, 0.6) is 0 Å². The first kappa shape index (κ1) is 7.48. The molecule has 0 aliphatic rings. The van der Waals surface area contributed by atoms with Crippen molar-refractivity contribution in [3.63, 3.8) is 0 Å². The molecule has 1 aromatic heterocycles. The largest absolute Gasteiger partial charge is 0.345 e. The molecule has 0 aliphatic heterocycles. The molecule has 1 heterocycles. The molecule has 0 fully saturated rings. The fourth-order valence-corrected chi connectivity index (χ4v) is 0.506. The van der Waals surface area contributed by atoms with Crippen molar-refractivity contribution in [3.05, 3.63) is 6.33 Å². The summed E-state index contributed by atoms with van der Waals surface area (Å²) in [5.74, 6) is 4.95. The minimum atomic E-state index is -0.318. The molecule has 0 bridgehead atoms. The third-order valence-electron chi connectivity index (χ3n) is 0.992. The smallest absolute Gasteiger partial charge is 0.253 e. The van der Waals surface area contributed by atoms with Gasteiger partial charge in [-0.2, -0.15) is 5.10 Å². The maximum absolute atomic E-state index is 10.5. The lowest BCUT2D eigenvalue weighted by atomic mass is 10.6. The summed E-state index contributed by atoms with van der Waals surface area (Å²) in [6.07, 6.45) is 1.34. The number of carbonyl (C=O) groups is 1. The van der Waals surface area contributed by atoms with Crippen molar-refractivity contribution in [1.82, 2.24) is 20.6 Å². The van der Waals surface area contributed by atoms with Gasteiger partial charge in [0.2, 0.25) is 5.95 Å². The number of anilines is 1. The van der Waals surface area contributed by atoms with Crippen molar-refractivity contribution in [2.24, 2.45) is 5.84 Å². The second-order valence-electron chi connectivity index (χ2n) is 1.76. The van der Waals surface area contributed by atoms with E-state index in [-0.39, 0.29) is 12.5 Å². The second kappa shape index (κ2) is 3.52. The third kappa shape index (κ3) is 2.22. The molecule has 7 heteroatoms. The summed E-state index contributed by atoms with van der Waals surface area (Å²) in [6, 6.07) is 0. The van der Waals surface area contributed by atoms with Crippen molar-refractivity contribution >= 4 is 11.9 Å². The predicted octanol–water partition coefficient (Wildman–Crippen LogP) is -1.79. The van der Waals surface area contributed by atoms with Crippen molar-refractivity contribution in [2.45, 2.75) is 0 Å².